The molecule has 3 aromatic rings. The fourth-order valence-electron chi connectivity index (χ4n) is 3.32. The van der Waals surface area contributed by atoms with Crippen molar-refractivity contribution in [3.63, 3.8) is 0 Å². The summed E-state index contributed by atoms with van der Waals surface area (Å²) in [5, 5.41) is 1.18. The molecule has 0 fully saturated rings. The van der Waals surface area contributed by atoms with Gasteiger partial charge in [0, 0.05) is 56.7 Å². The van der Waals surface area contributed by atoms with E-state index in [1.165, 1.54) is 29.3 Å². The van der Waals surface area contributed by atoms with E-state index in [-0.39, 0.29) is 0 Å². The minimum atomic E-state index is -3.41. The van der Waals surface area contributed by atoms with E-state index in [4.69, 9.17) is 0 Å². The summed E-state index contributed by atoms with van der Waals surface area (Å²) in [4.78, 5) is 4.10. The third-order valence-corrected chi connectivity index (χ3v) is 6.62. The van der Waals surface area contributed by atoms with Crippen LogP contribution in [0.3, 0.4) is 0 Å². The van der Waals surface area contributed by atoms with Crippen LogP contribution < -0.4 is 4.72 Å². The van der Waals surface area contributed by atoms with Crippen LogP contribution in [-0.4, -0.2) is 42.9 Å². The number of benzene rings is 1. The molecule has 6 nitrogen and oxygen atoms in total. The third kappa shape index (κ3) is 5.23. The molecule has 0 aliphatic rings. The molecule has 2 aromatic heterocycles. The van der Waals surface area contributed by atoms with Gasteiger partial charge in [0.15, 0.2) is 0 Å². The van der Waals surface area contributed by atoms with E-state index in [0.29, 0.717) is 18.9 Å². The summed E-state index contributed by atoms with van der Waals surface area (Å²) in [6.45, 7) is 5.77. The Morgan fingerprint density at radius 1 is 1.10 bits per heavy atom. The van der Waals surface area contributed by atoms with Gasteiger partial charge in [-0.2, -0.15) is 12.7 Å². The van der Waals surface area contributed by atoms with E-state index in [0.717, 1.165) is 29.7 Å². The van der Waals surface area contributed by atoms with Gasteiger partial charge >= 0.3 is 0 Å². The van der Waals surface area contributed by atoms with Crippen molar-refractivity contribution < 1.29 is 8.42 Å². The molecular weight excluding hydrogens is 384 g/mol. The highest BCUT2D eigenvalue weighted by molar-refractivity contribution is 7.87. The topological polar surface area (TPSA) is 67.2 Å². The van der Waals surface area contributed by atoms with Crippen molar-refractivity contribution in [1.29, 1.82) is 0 Å². The van der Waals surface area contributed by atoms with Crippen molar-refractivity contribution in [2.75, 3.05) is 20.6 Å². The van der Waals surface area contributed by atoms with Gasteiger partial charge in [0.2, 0.25) is 0 Å². The third-order valence-electron chi connectivity index (χ3n) is 5.09. The van der Waals surface area contributed by atoms with Gasteiger partial charge in [-0.1, -0.05) is 26.0 Å². The van der Waals surface area contributed by atoms with Crippen molar-refractivity contribution in [2.24, 2.45) is 5.92 Å². The van der Waals surface area contributed by atoms with Gasteiger partial charge in [-0.05, 0) is 53.6 Å². The van der Waals surface area contributed by atoms with Crippen LogP contribution in [0.25, 0.3) is 22.0 Å². The van der Waals surface area contributed by atoms with E-state index in [1.807, 2.05) is 12.1 Å². The SMILES string of the molecule is CC(C)CCn1cc(CCNS(=O)(=O)N(C)C)c2ccc(-c3ccncc3)cc21. The zero-order valence-electron chi connectivity index (χ0n) is 17.6. The van der Waals surface area contributed by atoms with E-state index >= 15 is 0 Å². The maximum Gasteiger partial charge on any atom is 0.278 e. The largest absolute Gasteiger partial charge is 0.347 e. The molecule has 0 atom stereocenters. The summed E-state index contributed by atoms with van der Waals surface area (Å²) in [5.41, 5.74) is 4.64. The molecule has 156 valence electrons. The Hall–Kier alpha value is -2.22. The first-order valence-corrected chi connectivity index (χ1v) is 11.4. The highest BCUT2D eigenvalue weighted by Crippen LogP contribution is 2.28. The second-order valence-corrected chi connectivity index (χ2v) is 9.90. The highest BCUT2D eigenvalue weighted by atomic mass is 32.2. The summed E-state index contributed by atoms with van der Waals surface area (Å²) in [7, 11) is -0.351. The Labute approximate surface area is 173 Å². The van der Waals surface area contributed by atoms with Crippen LogP contribution in [0.4, 0.5) is 0 Å². The lowest BCUT2D eigenvalue weighted by Crippen LogP contribution is -2.36. The Morgan fingerprint density at radius 3 is 2.48 bits per heavy atom. The van der Waals surface area contributed by atoms with Crippen LogP contribution >= 0.6 is 0 Å². The molecule has 0 bridgehead atoms. The molecule has 0 spiro atoms. The van der Waals surface area contributed by atoms with Crippen LogP contribution in [0.2, 0.25) is 0 Å². The standard InChI is InChI=1S/C22H30N4O2S/c1-17(2)10-14-26-16-20(9-13-24-29(27,28)25(3)4)21-6-5-19(15-22(21)26)18-7-11-23-12-8-18/h5-8,11-12,15-17,24H,9-10,13-14H2,1-4H3. The van der Waals surface area contributed by atoms with E-state index in [2.05, 4.69) is 52.5 Å². The maximum atomic E-state index is 12.0. The van der Waals surface area contributed by atoms with Crippen molar-refractivity contribution >= 4 is 21.1 Å². The molecule has 0 aliphatic carbocycles. The van der Waals surface area contributed by atoms with Crippen LogP contribution in [0, 0.1) is 5.92 Å². The summed E-state index contributed by atoms with van der Waals surface area (Å²) >= 11 is 0. The Kier molecular flexibility index (Phi) is 6.72. The van der Waals surface area contributed by atoms with E-state index in [1.54, 1.807) is 12.4 Å². The number of aryl methyl sites for hydroxylation is 1. The first kappa shape index (κ1) is 21.5. The lowest BCUT2D eigenvalue weighted by Gasteiger charge is -2.11. The Balaban J connectivity index is 1.91. The molecule has 0 radical (unpaired) electrons. The van der Waals surface area contributed by atoms with Gasteiger partial charge in [-0.3, -0.25) is 4.98 Å². The maximum absolute atomic E-state index is 12.0. The van der Waals surface area contributed by atoms with E-state index < -0.39 is 10.2 Å². The minimum Gasteiger partial charge on any atom is -0.347 e. The molecule has 7 heteroatoms. The summed E-state index contributed by atoms with van der Waals surface area (Å²) in [6, 6.07) is 10.5. The molecule has 0 saturated carbocycles. The van der Waals surface area contributed by atoms with Crippen LogP contribution in [0.1, 0.15) is 25.8 Å². The lowest BCUT2D eigenvalue weighted by molar-refractivity contribution is 0.505. The first-order valence-electron chi connectivity index (χ1n) is 9.97. The number of hydrogen-bond donors (Lipinski definition) is 1. The number of pyridine rings is 1. The van der Waals surface area contributed by atoms with Gasteiger partial charge in [-0.15, -0.1) is 0 Å². The van der Waals surface area contributed by atoms with Gasteiger partial charge in [0.1, 0.15) is 0 Å². The predicted molar refractivity (Wildman–Crippen MR) is 119 cm³/mol. The minimum absolute atomic E-state index is 0.371. The molecular formula is C22H30N4O2S. The monoisotopic (exact) mass is 414 g/mol. The van der Waals surface area contributed by atoms with Gasteiger partial charge < -0.3 is 4.57 Å². The molecule has 0 unspecified atom stereocenters. The first-order chi connectivity index (χ1) is 13.8. The average Bonchev–Trinajstić information content (AvgIpc) is 3.04. The highest BCUT2D eigenvalue weighted by Gasteiger charge is 2.14. The van der Waals surface area contributed by atoms with Crippen molar-refractivity contribution in [3.8, 4) is 11.1 Å². The van der Waals surface area contributed by atoms with Gasteiger partial charge in [0.05, 0.1) is 0 Å². The second kappa shape index (κ2) is 9.07. The number of aromatic nitrogens is 2. The molecule has 29 heavy (non-hydrogen) atoms. The van der Waals surface area contributed by atoms with Gasteiger partial charge in [0.25, 0.3) is 10.2 Å². The number of nitrogens with one attached hydrogen (secondary N) is 1. The molecule has 0 aliphatic heterocycles. The number of nitrogens with zero attached hydrogens (tertiary/aromatic N) is 3. The normalized spacial score (nSPS) is 12.3. The van der Waals surface area contributed by atoms with Crippen LogP contribution in [-0.2, 0) is 23.2 Å². The van der Waals surface area contributed by atoms with Gasteiger partial charge in [-0.25, -0.2) is 4.72 Å². The fraction of sp³-hybridized carbons (Fsp3) is 0.409. The molecule has 3 rings (SSSR count). The number of fused-ring (bicyclic) bond motifs is 1. The van der Waals surface area contributed by atoms with Crippen LogP contribution in [0.15, 0.2) is 48.9 Å². The van der Waals surface area contributed by atoms with Crippen LogP contribution in [0.5, 0.6) is 0 Å². The molecule has 0 saturated heterocycles. The zero-order chi connectivity index (χ0) is 21.0. The smallest absolute Gasteiger partial charge is 0.278 e. The molecule has 0 amide bonds. The van der Waals surface area contributed by atoms with Crippen molar-refractivity contribution in [1.82, 2.24) is 18.6 Å². The summed E-state index contributed by atoms with van der Waals surface area (Å²) < 4.78 is 30.1. The number of rotatable bonds is 9. The van der Waals surface area contributed by atoms with Crippen molar-refractivity contribution in [2.45, 2.75) is 33.2 Å². The summed E-state index contributed by atoms with van der Waals surface area (Å²) in [5.74, 6) is 0.617. The molecule has 2 heterocycles. The Bertz CT molecular complexity index is 1060. The average molecular weight is 415 g/mol. The molecule has 1 aromatic carbocycles. The van der Waals surface area contributed by atoms with E-state index in [9.17, 15) is 8.42 Å². The zero-order valence-corrected chi connectivity index (χ0v) is 18.4. The Morgan fingerprint density at radius 2 is 1.83 bits per heavy atom. The molecule has 1 N–H and O–H groups in total. The second-order valence-electron chi connectivity index (χ2n) is 7.93. The fourth-order valence-corrected chi connectivity index (χ4v) is 3.94. The number of hydrogen-bond acceptors (Lipinski definition) is 3. The quantitative estimate of drug-likeness (QED) is 0.581. The lowest BCUT2D eigenvalue weighted by atomic mass is 10.0. The predicted octanol–water partition coefficient (Wildman–Crippen LogP) is 3.69. The summed E-state index contributed by atoms with van der Waals surface area (Å²) in [6.07, 6.45) is 7.52. The van der Waals surface area contributed by atoms with Crippen molar-refractivity contribution in [3.05, 3.63) is 54.5 Å².